The van der Waals surface area contributed by atoms with Gasteiger partial charge in [-0.3, -0.25) is 4.79 Å². The van der Waals surface area contributed by atoms with Crippen LogP contribution in [0.25, 0.3) is 10.2 Å². The van der Waals surface area contributed by atoms with Crippen LogP contribution in [0.15, 0.2) is 28.6 Å². The predicted molar refractivity (Wildman–Crippen MR) is 85.1 cm³/mol. The summed E-state index contributed by atoms with van der Waals surface area (Å²) in [7, 11) is 0. The average Bonchev–Trinajstić information content (AvgIpc) is 2.75. The minimum Gasteiger partial charge on any atom is -0.300 e. The van der Waals surface area contributed by atoms with Gasteiger partial charge in [-0.1, -0.05) is 12.1 Å². The van der Waals surface area contributed by atoms with Crippen molar-refractivity contribution in [3.8, 4) is 0 Å². The number of Topliss-reactive ketones (excluding diaryl/α,β-unsaturated/α-hetero) is 1. The van der Waals surface area contributed by atoms with Crippen molar-refractivity contribution in [2.45, 2.75) is 49.5 Å². The molecule has 1 aromatic carbocycles. The number of carbonyl (C=O) groups is 1. The molecule has 1 aliphatic heterocycles. The summed E-state index contributed by atoms with van der Waals surface area (Å²) in [6.07, 6.45) is 1.26. The lowest BCUT2D eigenvalue weighted by Gasteiger charge is -2.44. The van der Waals surface area contributed by atoms with Crippen molar-refractivity contribution in [3.05, 3.63) is 24.3 Å². The van der Waals surface area contributed by atoms with Gasteiger partial charge in [0.25, 0.3) is 0 Å². The van der Waals surface area contributed by atoms with Crippen LogP contribution in [0.2, 0.25) is 0 Å². The minimum absolute atomic E-state index is 0.114. The lowest BCUT2D eigenvalue weighted by atomic mass is 9.89. The fraction of sp³-hybridized carbons (Fsp3) is 0.467. The molecule has 0 N–H and O–H groups in total. The quantitative estimate of drug-likeness (QED) is 0.781. The molecule has 1 unspecified atom stereocenters. The van der Waals surface area contributed by atoms with Crippen LogP contribution in [0.4, 0.5) is 0 Å². The summed E-state index contributed by atoms with van der Waals surface area (Å²) in [6, 6.07) is 8.46. The first-order valence-corrected chi connectivity index (χ1v) is 8.39. The van der Waals surface area contributed by atoms with Gasteiger partial charge in [0.15, 0.2) is 4.34 Å². The fourth-order valence-corrected chi connectivity index (χ4v) is 5.06. The third-order valence-electron chi connectivity index (χ3n) is 3.60. The fourth-order valence-electron chi connectivity index (χ4n) is 2.83. The number of hydrogen-bond donors (Lipinski definition) is 0. The van der Waals surface area contributed by atoms with Gasteiger partial charge >= 0.3 is 0 Å². The molecule has 2 aromatic rings. The zero-order valence-electron chi connectivity index (χ0n) is 11.9. The summed E-state index contributed by atoms with van der Waals surface area (Å²) in [4.78, 5) is 16.5. The molecule has 0 amide bonds. The molecule has 1 saturated heterocycles. The van der Waals surface area contributed by atoms with Crippen LogP contribution >= 0.6 is 23.3 Å². The molecule has 106 valence electrons. The SMILES string of the molecule is CC1CC(=O)CC(C)(C)N1Sc1nc2ccccc2s1. The Hall–Kier alpha value is -0.910. The number of thiazole rings is 1. The van der Waals surface area contributed by atoms with Gasteiger partial charge in [-0.25, -0.2) is 9.29 Å². The van der Waals surface area contributed by atoms with Crippen LogP contribution in [-0.4, -0.2) is 26.7 Å². The summed E-state index contributed by atoms with van der Waals surface area (Å²) in [5.74, 6) is 0.364. The van der Waals surface area contributed by atoms with E-state index in [-0.39, 0.29) is 11.6 Å². The second kappa shape index (κ2) is 5.13. The Morgan fingerprint density at radius 3 is 2.85 bits per heavy atom. The molecule has 1 fully saturated rings. The maximum Gasteiger partial charge on any atom is 0.166 e. The molecular weight excluding hydrogens is 288 g/mol. The van der Waals surface area contributed by atoms with E-state index in [1.807, 2.05) is 18.2 Å². The molecule has 1 aliphatic rings. The number of benzene rings is 1. The number of fused-ring (bicyclic) bond motifs is 1. The molecule has 0 radical (unpaired) electrons. The van der Waals surface area contributed by atoms with E-state index >= 15 is 0 Å². The van der Waals surface area contributed by atoms with Crippen molar-refractivity contribution in [3.63, 3.8) is 0 Å². The van der Waals surface area contributed by atoms with Crippen LogP contribution in [0.1, 0.15) is 33.6 Å². The highest BCUT2D eigenvalue weighted by molar-refractivity contribution is 7.99. The molecule has 20 heavy (non-hydrogen) atoms. The number of hydrogen-bond acceptors (Lipinski definition) is 5. The third kappa shape index (κ3) is 2.62. The van der Waals surface area contributed by atoms with Crippen molar-refractivity contribution in [1.82, 2.24) is 9.29 Å². The molecule has 5 heteroatoms. The van der Waals surface area contributed by atoms with Gasteiger partial charge in [-0.15, -0.1) is 11.3 Å². The maximum atomic E-state index is 11.8. The zero-order chi connectivity index (χ0) is 14.3. The van der Waals surface area contributed by atoms with Crippen molar-refractivity contribution in [1.29, 1.82) is 0 Å². The lowest BCUT2D eigenvalue weighted by Crippen LogP contribution is -2.50. The monoisotopic (exact) mass is 306 g/mol. The van der Waals surface area contributed by atoms with Gasteiger partial charge in [0.05, 0.1) is 10.2 Å². The highest BCUT2D eigenvalue weighted by Gasteiger charge is 2.39. The Kier molecular flexibility index (Phi) is 3.60. The van der Waals surface area contributed by atoms with Crippen molar-refractivity contribution >= 4 is 39.3 Å². The summed E-state index contributed by atoms with van der Waals surface area (Å²) < 4.78 is 4.61. The highest BCUT2D eigenvalue weighted by Crippen LogP contribution is 2.41. The average molecular weight is 306 g/mol. The summed E-state index contributed by atoms with van der Waals surface area (Å²) >= 11 is 3.42. The second-order valence-corrected chi connectivity index (χ2v) is 8.20. The Bertz CT molecular complexity index is 617. The van der Waals surface area contributed by atoms with Gasteiger partial charge in [0.2, 0.25) is 0 Å². The Labute approximate surface area is 127 Å². The van der Waals surface area contributed by atoms with Crippen LogP contribution in [-0.2, 0) is 4.79 Å². The number of carbonyl (C=O) groups excluding carboxylic acids is 1. The maximum absolute atomic E-state index is 11.8. The van der Waals surface area contributed by atoms with Crippen molar-refractivity contribution in [2.75, 3.05) is 0 Å². The van der Waals surface area contributed by atoms with Crippen LogP contribution in [0.3, 0.4) is 0 Å². The summed E-state index contributed by atoms with van der Waals surface area (Å²) in [6.45, 7) is 6.40. The van der Waals surface area contributed by atoms with E-state index in [1.165, 1.54) is 4.70 Å². The topological polar surface area (TPSA) is 33.2 Å². The first kappa shape index (κ1) is 14.0. The summed E-state index contributed by atoms with van der Waals surface area (Å²) in [5, 5.41) is 0. The largest absolute Gasteiger partial charge is 0.300 e. The first-order valence-electron chi connectivity index (χ1n) is 6.80. The van der Waals surface area contributed by atoms with E-state index in [4.69, 9.17) is 0 Å². The first-order chi connectivity index (χ1) is 9.45. The normalized spacial score (nSPS) is 23.4. The molecule has 0 bridgehead atoms. The van der Waals surface area contributed by atoms with E-state index in [1.54, 1.807) is 23.3 Å². The Morgan fingerprint density at radius 2 is 2.15 bits per heavy atom. The van der Waals surface area contributed by atoms with Crippen LogP contribution < -0.4 is 0 Å². The highest BCUT2D eigenvalue weighted by atomic mass is 32.2. The Morgan fingerprint density at radius 1 is 1.40 bits per heavy atom. The molecule has 3 nitrogen and oxygen atoms in total. The van der Waals surface area contributed by atoms with E-state index < -0.39 is 0 Å². The number of para-hydroxylation sites is 1. The lowest BCUT2D eigenvalue weighted by molar-refractivity contribution is -0.124. The number of rotatable bonds is 2. The second-order valence-electron chi connectivity index (χ2n) is 5.95. The molecular formula is C15H18N2OS2. The molecule has 0 saturated carbocycles. The van der Waals surface area contributed by atoms with Gasteiger partial charge < -0.3 is 0 Å². The molecule has 1 aromatic heterocycles. The Balaban J connectivity index is 1.87. The molecule has 0 aliphatic carbocycles. The number of ketones is 1. The smallest absolute Gasteiger partial charge is 0.166 e. The van der Waals surface area contributed by atoms with E-state index in [0.29, 0.717) is 18.6 Å². The van der Waals surface area contributed by atoms with E-state index in [2.05, 4.69) is 36.1 Å². The van der Waals surface area contributed by atoms with Crippen LogP contribution in [0.5, 0.6) is 0 Å². The molecule has 0 spiro atoms. The van der Waals surface area contributed by atoms with Gasteiger partial charge in [0.1, 0.15) is 5.78 Å². The van der Waals surface area contributed by atoms with Crippen molar-refractivity contribution in [2.24, 2.45) is 0 Å². The summed E-state index contributed by atoms with van der Waals surface area (Å²) in [5.41, 5.74) is 0.940. The molecule has 3 rings (SSSR count). The van der Waals surface area contributed by atoms with Gasteiger partial charge in [-0.2, -0.15) is 0 Å². The number of aromatic nitrogens is 1. The minimum atomic E-state index is -0.114. The number of nitrogens with zero attached hydrogens (tertiary/aromatic N) is 2. The van der Waals surface area contributed by atoms with Gasteiger partial charge in [0, 0.05) is 24.4 Å². The van der Waals surface area contributed by atoms with Gasteiger partial charge in [-0.05, 0) is 44.9 Å². The van der Waals surface area contributed by atoms with E-state index in [9.17, 15) is 4.79 Å². The van der Waals surface area contributed by atoms with E-state index in [0.717, 1.165) is 9.86 Å². The standard InChI is InChI=1S/C15H18N2OS2/c1-10-8-11(18)9-15(2,3)17(10)20-14-16-12-6-4-5-7-13(12)19-14/h4-7,10H,8-9H2,1-3H3. The molecule has 1 atom stereocenters. The molecule has 2 heterocycles. The van der Waals surface area contributed by atoms with Crippen LogP contribution in [0, 0.1) is 0 Å². The number of piperidine rings is 1. The predicted octanol–water partition coefficient (Wildman–Crippen LogP) is 4.14. The van der Waals surface area contributed by atoms with Crippen molar-refractivity contribution < 1.29 is 4.79 Å². The third-order valence-corrected chi connectivity index (χ3v) is 6.20. The zero-order valence-corrected chi connectivity index (χ0v) is 13.6.